The van der Waals surface area contributed by atoms with Crippen molar-refractivity contribution >= 4 is 23.4 Å². The van der Waals surface area contributed by atoms with Crippen molar-refractivity contribution in [3.05, 3.63) is 30.1 Å². The van der Waals surface area contributed by atoms with Gasteiger partial charge in [-0.1, -0.05) is 26.0 Å². The van der Waals surface area contributed by atoms with Crippen LogP contribution in [0.4, 0.5) is 0 Å². The minimum Gasteiger partial charge on any atom is -0.483 e. The lowest BCUT2D eigenvalue weighted by Gasteiger charge is -2.35. The highest BCUT2D eigenvalue weighted by atomic mass is 16.3. The van der Waals surface area contributed by atoms with Crippen molar-refractivity contribution in [1.82, 2.24) is 19.8 Å². The van der Waals surface area contributed by atoms with E-state index in [1.165, 1.54) is 12.4 Å². The Morgan fingerprint density at radius 1 is 1.26 bits per heavy atom. The summed E-state index contributed by atoms with van der Waals surface area (Å²) in [6.45, 7) is 9.59. The molecule has 2 aliphatic rings. The normalized spacial score (nSPS) is 25.7. The molecule has 3 N–H and O–H groups in total. The third kappa shape index (κ3) is 5.62. The molecular formula is C23H34N4O4. The number of aromatic nitrogens is 2. The Morgan fingerprint density at radius 3 is 2.55 bits per heavy atom. The quantitative estimate of drug-likeness (QED) is 0.627. The van der Waals surface area contributed by atoms with Crippen LogP contribution in [0.15, 0.2) is 24.3 Å². The van der Waals surface area contributed by atoms with Crippen LogP contribution in [0.3, 0.4) is 0 Å². The van der Waals surface area contributed by atoms with Crippen LogP contribution in [0.5, 0.6) is 0 Å². The fraction of sp³-hybridized carbons (Fsp3) is 0.609. The number of carbonyl (C=O) groups excluding carboxylic acids is 1. The highest BCUT2D eigenvalue weighted by Gasteiger charge is 2.42. The van der Waals surface area contributed by atoms with Gasteiger partial charge in [-0.2, -0.15) is 0 Å². The molecule has 0 spiro atoms. The van der Waals surface area contributed by atoms with Crippen molar-refractivity contribution in [2.24, 2.45) is 17.8 Å². The van der Waals surface area contributed by atoms with Crippen LogP contribution >= 0.6 is 0 Å². The molecule has 8 nitrogen and oxygen atoms in total. The van der Waals surface area contributed by atoms with Gasteiger partial charge < -0.3 is 20.1 Å². The predicted molar refractivity (Wildman–Crippen MR) is 118 cm³/mol. The molecule has 1 aliphatic heterocycles. The molecule has 1 aromatic carbocycles. The van der Waals surface area contributed by atoms with Crippen molar-refractivity contribution in [3.63, 3.8) is 0 Å². The van der Waals surface area contributed by atoms with Crippen molar-refractivity contribution in [1.29, 1.82) is 0 Å². The molecule has 4 atom stereocenters. The molecule has 0 unspecified atom stereocenters. The molecule has 4 rings (SSSR count). The molecule has 31 heavy (non-hydrogen) atoms. The van der Waals surface area contributed by atoms with Gasteiger partial charge in [0.1, 0.15) is 5.82 Å². The molecule has 8 heteroatoms. The van der Waals surface area contributed by atoms with Crippen molar-refractivity contribution in [2.45, 2.75) is 58.8 Å². The van der Waals surface area contributed by atoms with Crippen LogP contribution in [0, 0.1) is 17.8 Å². The smallest absolute Gasteiger partial charge is 0.290 e. The maximum atomic E-state index is 11.4. The summed E-state index contributed by atoms with van der Waals surface area (Å²) in [5.41, 5.74) is 2.28. The van der Waals surface area contributed by atoms with Crippen LogP contribution < -0.4 is 5.32 Å². The number of fused-ring (bicyclic) bond motifs is 2. The summed E-state index contributed by atoms with van der Waals surface area (Å²) in [6, 6.07) is 8.27. The SMILES string of the molecule is CC(=O)N[C@@H]1C[C@@H]2CN(Cc3nc4ccccc4n3CC(C)C)C[C@@H]2C[C@H]1O.O=CO. The summed E-state index contributed by atoms with van der Waals surface area (Å²) >= 11 is 0. The Bertz CT molecular complexity index is 897. The number of imidazole rings is 1. The van der Waals surface area contributed by atoms with Crippen molar-refractivity contribution in [3.8, 4) is 0 Å². The average Bonchev–Trinajstić information content (AvgIpc) is 3.23. The number of hydrogen-bond donors (Lipinski definition) is 3. The number of nitrogens with one attached hydrogen (secondary N) is 1. The van der Waals surface area contributed by atoms with E-state index in [1.54, 1.807) is 0 Å². The molecule has 170 valence electrons. The first-order valence-corrected chi connectivity index (χ1v) is 11.0. The van der Waals surface area contributed by atoms with Gasteiger partial charge in [0, 0.05) is 26.6 Å². The van der Waals surface area contributed by atoms with Gasteiger partial charge >= 0.3 is 0 Å². The second kappa shape index (κ2) is 10.2. The van der Waals surface area contributed by atoms with Crippen LogP contribution in [0.25, 0.3) is 11.0 Å². The summed E-state index contributed by atoms with van der Waals surface area (Å²) in [6.07, 6.45) is 1.20. The molecule has 1 saturated carbocycles. The van der Waals surface area contributed by atoms with Gasteiger partial charge in [-0.25, -0.2) is 4.98 Å². The topological polar surface area (TPSA) is 108 Å². The number of likely N-dealkylation sites (tertiary alicyclic amines) is 1. The first-order valence-electron chi connectivity index (χ1n) is 11.0. The molecule has 2 heterocycles. The van der Waals surface area contributed by atoms with E-state index in [-0.39, 0.29) is 18.4 Å². The zero-order valence-corrected chi connectivity index (χ0v) is 18.6. The summed E-state index contributed by atoms with van der Waals surface area (Å²) in [5.74, 6) is 2.67. The molecule has 1 aliphatic carbocycles. The molecule has 1 amide bonds. The monoisotopic (exact) mass is 430 g/mol. The van der Waals surface area contributed by atoms with Gasteiger partial charge in [-0.3, -0.25) is 14.5 Å². The predicted octanol–water partition coefficient (Wildman–Crippen LogP) is 2.10. The summed E-state index contributed by atoms with van der Waals surface area (Å²) in [7, 11) is 0. The first-order chi connectivity index (χ1) is 14.8. The largest absolute Gasteiger partial charge is 0.483 e. The minimum absolute atomic E-state index is 0.0558. The molecule has 0 radical (unpaired) electrons. The number of carboxylic acid groups (broad SMARTS) is 1. The average molecular weight is 431 g/mol. The number of rotatable bonds is 5. The fourth-order valence-corrected chi connectivity index (χ4v) is 5.09. The second-order valence-electron chi connectivity index (χ2n) is 9.19. The van der Waals surface area contributed by atoms with Crippen LogP contribution in [-0.2, 0) is 22.7 Å². The van der Waals surface area contributed by atoms with Crippen molar-refractivity contribution in [2.75, 3.05) is 13.1 Å². The van der Waals surface area contributed by atoms with Gasteiger partial charge in [0.15, 0.2) is 0 Å². The molecule has 1 aromatic heterocycles. The summed E-state index contributed by atoms with van der Waals surface area (Å²) < 4.78 is 2.37. The Hall–Kier alpha value is -2.45. The molecule has 1 saturated heterocycles. The van der Waals surface area contributed by atoms with E-state index in [0.717, 1.165) is 50.4 Å². The summed E-state index contributed by atoms with van der Waals surface area (Å²) in [5, 5.41) is 20.3. The van der Waals surface area contributed by atoms with E-state index in [9.17, 15) is 9.90 Å². The highest BCUT2D eigenvalue weighted by molar-refractivity contribution is 5.76. The van der Waals surface area contributed by atoms with Gasteiger partial charge in [0.05, 0.1) is 29.7 Å². The maximum absolute atomic E-state index is 11.4. The third-order valence-electron chi connectivity index (χ3n) is 6.25. The molecule has 2 aromatic rings. The number of carbonyl (C=O) groups is 2. The number of para-hydroxylation sites is 2. The Kier molecular flexibility index (Phi) is 7.67. The molecule has 2 fully saturated rings. The van der Waals surface area contributed by atoms with E-state index >= 15 is 0 Å². The molecular weight excluding hydrogens is 396 g/mol. The van der Waals surface area contributed by atoms with Crippen LogP contribution in [0.1, 0.15) is 39.4 Å². The number of amides is 1. The zero-order chi connectivity index (χ0) is 22.5. The first kappa shape index (κ1) is 23.2. The van der Waals surface area contributed by atoms with E-state index in [0.29, 0.717) is 17.8 Å². The van der Waals surface area contributed by atoms with E-state index in [1.807, 2.05) is 6.07 Å². The summed E-state index contributed by atoms with van der Waals surface area (Å²) in [4.78, 5) is 27.2. The third-order valence-corrected chi connectivity index (χ3v) is 6.25. The van der Waals surface area contributed by atoms with E-state index in [2.05, 4.69) is 46.8 Å². The minimum atomic E-state index is -0.435. The number of hydrogen-bond acceptors (Lipinski definition) is 5. The maximum Gasteiger partial charge on any atom is 0.290 e. The van der Waals surface area contributed by atoms with Gasteiger partial charge in [0.2, 0.25) is 5.91 Å². The van der Waals surface area contributed by atoms with Crippen LogP contribution in [-0.4, -0.2) is 62.3 Å². The Balaban J connectivity index is 0.000000858. The number of aliphatic hydroxyl groups excluding tert-OH is 1. The van der Waals surface area contributed by atoms with Gasteiger partial charge in [-0.05, 0) is 42.7 Å². The lowest BCUT2D eigenvalue weighted by Crippen LogP contribution is -2.48. The van der Waals surface area contributed by atoms with Gasteiger partial charge in [-0.15, -0.1) is 0 Å². The lowest BCUT2D eigenvalue weighted by atomic mass is 9.77. The second-order valence-corrected chi connectivity index (χ2v) is 9.19. The number of aliphatic hydroxyl groups is 1. The number of benzene rings is 1. The Labute approximate surface area is 183 Å². The Morgan fingerprint density at radius 2 is 1.90 bits per heavy atom. The van der Waals surface area contributed by atoms with Gasteiger partial charge in [0.25, 0.3) is 6.47 Å². The number of nitrogens with zero attached hydrogens (tertiary/aromatic N) is 3. The van der Waals surface area contributed by atoms with E-state index in [4.69, 9.17) is 14.9 Å². The fourth-order valence-electron chi connectivity index (χ4n) is 5.09. The highest BCUT2D eigenvalue weighted by Crippen LogP contribution is 2.37. The standard InChI is InChI=1S/C22H32N4O2.CH2O2/c1-14(2)10-26-20-7-5-4-6-18(20)24-22(26)13-25-11-16-8-19(23-15(3)27)21(28)9-17(16)12-25;2-1-3/h4-7,14,16-17,19,21,28H,8-13H2,1-3H3,(H,23,27);1H,(H,2,3)/t16-,17+,19-,21-;/m1./s1. The van der Waals surface area contributed by atoms with Crippen molar-refractivity contribution < 1.29 is 19.8 Å². The lowest BCUT2D eigenvalue weighted by molar-refractivity contribution is -0.123. The molecule has 0 bridgehead atoms. The van der Waals surface area contributed by atoms with Crippen LogP contribution in [0.2, 0.25) is 0 Å². The zero-order valence-electron chi connectivity index (χ0n) is 18.6. The van der Waals surface area contributed by atoms with E-state index < -0.39 is 6.10 Å².